The number of fused-ring (bicyclic) bond motifs is 1. The van der Waals surface area contributed by atoms with Crippen molar-refractivity contribution in [2.75, 3.05) is 11.1 Å². The van der Waals surface area contributed by atoms with Crippen LogP contribution in [0.4, 0.5) is 23.0 Å². The fourth-order valence-electron chi connectivity index (χ4n) is 3.54. The molecule has 1 aliphatic carbocycles. The Kier molecular flexibility index (Phi) is 6.33. The quantitative estimate of drug-likeness (QED) is 0.247. The average Bonchev–Trinajstić information content (AvgIpc) is 2.72. The summed E-state index contributed by atoms with van der Waals surface area (Å²) in [5, 5.41) is 13.9. The third-order valence-corrected chi connectivity index (χ3v) is 5.31. The van der Waals surface area contributed by atoms with Crippen molar-refractivity contribution in [1.29, 1.82) is 0 Å². The number of aliphatic hydroxyl groups is 1. The predicted molar refractivity (Wildman–Crippen MR) is 129 cm³/mol. The number of nitrogen functional groups attached to an aromatic ring is 1. The molecule has 1 heterocycles. The first kappa shape index (κ1) is 20.8. The molecule has 2 aromatic carbocycles. The molecule has 1 aromatic heterocycles. The minimum atomic E-state index is -0.208. The molecule has 0 unspecified atom stereocenters. The number of aromatic nitrogens is 2. The van der Waals surface area contributed by atoms with Gasteiger partial charge in [-0.3, -0.25) is 0 Å². The van der Waals surface area contributed by atoms with Crippen molar-refractivity contribution in [2.45, 2.75) is 44.8 Å². The third kappa shape index (κ3) is 4.99. The second-order valence-corrected chi connectivity index (χ2v) is 9.00. The Labute approximate surface area is 188 Å². The van der Waals surface area contributed by atoms with E-state index in [2.05, 4.69) is 37.9 Å². The van der Waals surface area contributed by atoms with Gasteiger partial charge in [-0.15, -0.1) is 0 Å². The molecule has 1 saturated carbocycles. The Hall–Kier alpha value is -2.46. The number of aliphatic imine (C=N–C) groups is 1. The highest BCUT2D eigenvalue weighted by atomic mass is 127. The van der Waals surface area contributed by atoms with Gasteiger partial charge in [-0.2, -0.15) is 0 Å². The van der Waals surface area contributed by atoms with Crippen LogP contribution in [0.15, 0.2) is 47.6 Å². The number of nitrogens with two attached hydrogens (primary N) is 1. The SMILES string of the molecule is C/C(I)=N/c1cc(Nc2ncc3cccc(O[C@H]4CC[C@@H](O)CC4)c3n2)ccc1N. The van der Waals surface area contributed by atoms with Crippen molar-refractivity contribution in [2.24, 2.45) is 4.99 Å². The molecule has 8 heteroatoms. The highest BCUT2D eigenvalue weighted by Crippen LogP contribution is 2.31. The molecule has 156 valence electrons. The van der Waals surface area contributed by atoms with E-state index in [1.54, 1.807) is 6.20 Å². The number of anilines is 3. The second-order valence-electron chi connectivity index (χ2n) is 7.44. The predicted octanol–water partition coefficient (Wildman–Crippen LogP) is 5.12. The highest BCUT2D eigenvalue weighted by Gasteiger charge is 2.21. The molecule has 0 spiro atoms. The highest BCUT2D eigenvalue weighted by molar-refractivity contribution is 14.1. The van der Waals surface area contributed by atoms with Gasteiger partial charge in [0.05, 0.1) is 27.3 Å². The molecule has 0 aliphatic heterocycles. The smallest absolute Gasteiger partial charge is 0.227 e. The fourth-order valence-corrected chi connectivity index (χ4v) is 3.80. The Balaban J connectivity index is 1.59. The number of nitrogens with one attached hydrogen (secondary N) is 1. The van der Waals surface area contributed by atoms with E-state index >= 15 is 0 Å². The molecule has 30 heavy (non-hydrogen) atoms. The summed E-state index contributed by atoms with van der Waals surface area (Å²) in [6, 6.07) is 11.4. The van der Waals surface area contributed by atoms with Crippen LogP contribution < -0.4 is 15.8 Å². The van der Waals surface area contributed by atoms with Gasteiger partial charge >= 0.3 is 0 Å². The maximum atomic E-state index is 9.73. The number of nitrogens with zero attached hydrogens (tertiary/aromatic N) is 3. The zero-order valence-electron chi connectivity index (χ0n) is 16.7. The van der Waals surface area contributed by atoms with E-state index in [1.165, 1.54) is 0 Å². The zero-order chi connectivity index (χ0) is 21.1. The molecule has 0 atom stereocenters. The number of rotatable bonds is 5. The van der Waals surface area contributed by atoms with Gasteiger partial charge in [-0.25, -0.2) is 15.0 Å². The molecular formula is C22H24IN5O2. The van der Waals surface area contributed by atoms with E-state index in [1.807, 2.05) is 43.3 Å². The minimum absolute atomic E-state index is 0.0967. The molecular weight excluding hydrogens is 493 g/mol. The zero-order valence-corrected chi connectivity index (χ0v) is 18.8. The maximum Gasteiger partial charge on any atom is 0.227 e. The van der Waals surface area contributed by atoms with Crippen molar-refractivity contribution < 1.29 is 9.84 Å². The summed E-state index contributed by atoms with van der Waals surface area (Å²) in [5.74, 6) is 1.21. The number of aliphatic hydroxyl groups excluding tert-OH is 1. The molecule has 4 rings (SSSR count). The number of para-hydroxylation sites is 1. The van der Waals surface area contributed by atoms with E-state index in [9.17, 15) is 5.11 Å². The fraction of sp³-hybridized carbons (Fsp3) is 0.318. The number of benzene rings is 2. The number of ether oxygens (including phenoxy) is 1. The topological polar surface area (TPSA) is 106 Å². The van der Waals surface area contributed by atoms with Gasteiger partial charge in [0.15, 0.2) is 0 Å². The average molecular weight is 517 g/mol. The number of halogens is 1. The summed E-state index contributed by atoms with van der Waals surface area (Å²) in [7, 11) is 0. The van der Waals surface area contributed by atoms with Crippen molar-refractivity contribution in [1.82, 2.24) is 9.97 Å². The van der Waals surface area contributed by atoms with E-state index in [-0.39, 0.29) is 12.2 Å². The summed E-state index contributed by atoms with van der Waals surface area (Å²) in [6.45, 7) is 1.92. The number of hydrogen-bond acceptors (Lipinski definition) is 7. The first-order valence-electron chi connectivity index (χ1n) is 9.96. The molecule has 3 aromatic rings. The van der Waals surface area contributed by atoms with Crippen molar-refractivity contribution >= 4 is 60.2 Å². The van der Waals surface area contributed by atoms with Crippen molar-refractivity contribution in [3.63, 3.8) is 0 Å². The normalized spacial score (nSPS) is 19.6. The van der Waals surface area contributed by atoms with Gasteiger partial charge < -0.3 is 20.9 Å². The van der Waals surface area contributed by atoms with E-state index < -0.39 is 0 Å². The van der Waals surface area contributed by atoms with Crippen LogP contribution >= 0.6 is 22.6 Å². The van der Waals surface area contributed by atoms with Crippen LogP contribution in [-0.4, -0.2) is 31.0 Å². The first-order chi connectivity index (χ1) is 14.5. The van der Waals surface area contributed by atoms with E-state index in [4.69, 9.17) is 15.5 Å². The van der Waals surface area contributed by atoms with Crippen molar-refractivity contribution in [3.8, 4) is 5.75 Å². The lowest BCUT2D eigenvalue weighted by molar-refractivity contribution is 0.0672. The van der Waals surface area contributed by atoms with Gasteiger partial charge in [0.2, 0.25) is 5.95 Å². The largest absolute Gasteiger partial charge is 0.488 e. The summed E-state index contributed by atoms with van der Waals surface area (Å²) in [6.07, 6.45) is 4.91. The van der Waals surface area contributed by atoms with Crippen molar-refractivity contribution in [3.05, 3.63) is 42.6 Å². The Morgan fingerprint density at radius 1 is 1.23 bits per heavy atom. The Morgan fingerprint density at radius 2 is 2.03 bits per heavy atom. The Morgan fingerprint density at radius 3 is 2.80 bits per heavy atom. The lowest BCUT2D eigenvalue weighted by atomic mass is 9.95. The van der Waals surface area contributed by atoms with Crippen LogP contribution in [0.3, 0.4) is 0 Å². The van der Waals surface area contributed by atoms with Crippen LogP contribution in [0.1, 0.15) is 32.6 Å². The van der Waals surface area contributed by atoms with Crippen LogP contribution in [0.25, 0.3) is 10.9 Å². The summed E-state index contributed by atoms with van der Waals surface area (Å²) >= 11 is 2.16. The van der Waals surface area contributed by atoms with E-state index in [0.717, 1.165) is 51.7 Å². The van der Waals surface area contributed by atoms with Gasteiger partial charge in [0, 0.05) is 17.3 Å². The van der Waals surface area contributed by atoms with Gasteiger partial charge in [0.1, 0.15) is 11.3 Å². The lowest BCUT2D eigenvalue weighted by Crippen LogP contribution is -2.26. The summed E-state index contributed by atoms with van der Waals surface area (Å²) in [5.41, 5.74) is 8.91. The van der Waals surface area contributed by atoms with Crippen LogP contribution in [0.2, 0.25) is 0 Å². The molecule has 1 fully saturated rings. The van der Waals surface area contributed by atoms with Gasteiger partial charge in [-0.05, 0) is 79.5 Å². The molecule has 1 aliphatic rings. The first-order valence-corrected chi connectivity index (χ1v) is 11.0. The number of hydrogen-bond donors (Lipinski definition) is 3. The minimum Gasteiger partial charge on any atom is -0.488 e. The second kappa shape index (κ2) is 9.13. The van der Waals surface area contributed by atoms with Gasteiger partial charge in [0.25, 0.3) is 0 Å². The van der Waals surface area contributed by atoms with Crippen LogP contribution in [0, 0.1) is 0 Å². The lowest BCUT2D eigenvalue weighted by Gasteiger charge is -2.26. The van der Waals surface area contributed by atoms with Crippen LogP contribution in [0.5, 0.6) is 5.75 Å². The molecule has 4 N–H and O–H groups in total. The summed E-state index contributed by atoms with van der Waals surface area (Å²) < 4.78 is 7.13. The third-order valence-electron chi connectivity index (χ3n) is 5.07. The monoisotopic (exact) mass is 517 g/mol. The molecule has 0 amide bonds. The molecule has 0 saturated heterocycles. The Bertz CT molecular complexity index is 1080. The maximum absolute atomic E-state index is 9.73. The molecule has 0 radical (unpaired) electrons. The van der Waals surface area contributed by atoms with Gasteiger partial charge in [-0.1, -0.05) is 12.1 Å². The van der Waals surface area contributed by atoms with E-state index in [0.29, 0.717) is 17.3 Å². The molecule has 7 nitrogen and oxygen atoms in total. The molecule has 0 bridgehead atoms. The van der Waals surface area contributed by atoms with Crippen LogP contribution in [-0.2, 0) is 0 Å². The standard InChI is InChI=1S/C22H24IN5O2/c1-13(23)26-19-11-15(5-10-18(19)24)27-22-25-12-14-3-2-4-20(21(14)28-22)30-17-8-6-16(29)7-9-17/h2-5,10-12,16-17,29H,6-9,24H2,1H3,(H,25,27,28)/b26-13-/t16-,17+. The summed E-state index contributed by atoms with van der Waals surface area (Å²) in [4.78, 5) is 13.6.